The molecule has 4 nitrogen and oxygen atoms in total. The third-order valence-electron chi connectivity index (χ3n) is 1.53. The molecule has 0 aliphatic carbocycles. The molecule has 1 aromatic carbocycles. The lowest BCUT2D eigenvalue weighted by Gasteiger charge is -2.03. The van der Waals surface area contributed by atoms with Crippen molar-refractivity contribution in [2.45, 2.75) is 6.54 Å². The van der Waals surface area contributed by atoms with E-state index in [1.807, 2.05) is 0 Å². The van der Waals surface area contributed by atoms with Crippen LogP contribution in [-0.4, -0.2) is 7.11 Å². The van der Waals surface area contributed by atoms with Gasteiger partial charge in [0.05, 0.1) is 18.7 Å². The van der Waals surface area contributed by atoms with E-state index in [1.54, 1.807) is 25.3 Å². The van der Waals surface area contributed by atoms with Crippen LogP contribution in [0.15, 0.2) is 23.3 Å². The van der Waals surface area contributed by atoms with Crippen LogP contribution in [0.25, 0.3) is 10.4 Å². The highest BCUT2D eigenvalue weighted by atomic mass is 35.5. The quantitative estimate of drug-likeness (QED) is 0.417. The van der Waals surface area contributed by atoms with Crippen molar-refractivity contribution in [1.29, 1.82) is 0 Å². The Balaban J connectivity index is 2.92. The van der Waals surface area contributed by atoms with Gasteiger partial charge in [0, 0.05) is 4.91 Å². The molecule has 0 fully saturated rings. The zero-order valence-corrected chi connectivity index (χ0v) is 7.82. The third kappa shape index (κ3) is 2.54. The van der Waals surface area contributed by atoms with E-state index in [2.05, 4.69) is 10.0 Å². The van der Waals surface area contributed by atoms with Crippen molar-refractivity contribution in [3.8, 4) is 5.75 Å². The van der Waals surface area contributed by atoms with E-state index in [-0.39, 0.29) is 0 Å². The van der Waals surface area contributed by atoms with Crippen LogP contribution in [0.5, 0.6) is 5.75 Å². The van der Waals surface area contributed by atoms with Crippen molar-refractivity contribution in [3.05, 3.63) is 39.2 Å². The zero-order chi connectivity index (χ0) is 9.68. The molecular weight excluding hydrogens is 190 g/mol. The lowest BCUT2D eigenvalue weighted by atomic mass is 10.2. The number of nitrogens with zero attached hydrogens (tertiary/aromatic N) is 3. The number of ether oxygens (including phenoxy) is 1. The van der Waals surface area contributed by atoms with Crippen LogP contribution < -0.4 is 4.74 Å². The lowest BCUT2D eigenvalue weighted by molar-refractivity contribution is 0.414. The van der Waals surface area contributed by atoms with Gasteiger partial charge in [-0.3, -0.25) is 0 Å². The minimum Gasteiger partial charge on any atom is -0.495 e. The van der Waals surface area contributed by atoms with E-state index in [0.29, 0.717) is 17.3 Å². The van der Waals surface area contributed by atoms with Crippen LogP contribution in [0.3, 0.4) is 0 Å². The van der Waals surface area contributed by atoms with Crippen molar-refractivity contribution in [2.24, 2.45) is 5.11 Å². The molecule has 0 heterocycles. The summed E-state index contributed by atoms with van der Waals surface area (Å²) in [6, 6.07) is 5.25. The molecular formula is C8H8ClN3O. The smallest absolute Gasteiger partial charge is 0.137 e. The van der Waals surface area contributed by atoms with Crippen molar-refractivity contribution in [1.82, 2.24) is 0 Å². The van der Waals surface area contributed by atoms with Gasteiger partial charge >= 0.3 is 0 Å². The molecule has 13 heavy (non-hydrogen) atoms. The summed E-state index contributed by atoms with van der Waals surface area (Å²) < 4.78 is 5.00. The highest BCUT2D eigenvalue weighted by Crippen LogP contribution is 2.25. The summed E-state index contributed by atoms with van der Waals surface area (Å²) in [5, 5.41) is 3.98. The van der Waals surface area contributed by atoms with Crippen LogP contribution in [0.2, 0.25) is 5.02 Å². The molecule has 0 bridgehead atoms. The maximum Gasteiger partial charge on any atom is 0.137 e. The Labute approximate surface area is 80.7 Å². The first-order valence-electron chi connectivity index (χ1n) is 3.61. The first-order valence-corrected chi connectivity index (χ1v) is 3.99. The SMILES string of the molecule is COc1cc(CN=[N+]=[N-])ccc1Cl. The summed E-state index contributed by atoms with van der Waals surface area (Å²) in [6.45, 7) is 0.310. The highest BCUT2D eigenvalue weighted by molar-refractivity contribution is 6.32. The van der Waals surface area contributed by atoms with Gasteiger partial charge in [0.2, 0.25) is 0 Å². The van der Waals surface area contributed by atoms with E-state index >= 15 is 0 Å². The number of rotatable bonds is 3. The van der Waals surface area contributed by atoms with E-state index in [0.717, 1.165) is 5.56 Å². The van der Waals surface area contributed by atoms with E-state index in [1.165, 1.54) is 0 Å². The van der Waals surface area contributed by atoms with Gasteiger partial charge < -0.3 is 4.74 Å². The summed E-state index contributed by atoms with van der Waals surface area (Å²) in [6.07, 6.45) is 0. The number of hydrogen-bond donors (Lipinski definition) is 0. The predicted molar refractivity (Wildman–Crippen MR) is 50.9 cm³/mol. The average molecular weight is 198 g/mol. The van der Waals surface area contributed by atoms with Crippen molar-refractivity contribution in [3.63, 3.8) is 0 Å². The minimum absolute atomic E-state index is 0.310. The molecule has 0 atom stereocenters. The number of azide groups is 1. The summed E-state index contributed by atoms with van der Waals surface area (Å²) in [5.74, 6) is 0.590. The lowest BCUT2D eigenvalue weighted by Crippen LogP contribution is -1.86. The topological polar surface area (TPSA) is 58.0 Å². The van der Waals surface area contributed by atoms with Gasteiger partial charge in [0.1, 0.15) is 5.75 Å². The molecule has 0 saturated carbocycles. The predicted octanol–water partition coefficient (Wildman–Crippen LogP) is 3.16. The average Bonchev–Trinajstić information content (AvgIpc) is 2.16. The molecule has 0 aromatic heterocycles. The largest absolute Gasteiger partial charge is 0.495 e. The maximum absolute atomic E-state index is 8.11. The maximum atomic E-state index is 8.11. The summed E-state index contributed by atoms with van der Waals surface area (Å²) in [7, 11) is 1.54. The van der Waals surface area contributed by atoms with Gasteiger partial charge in [-0.15, -0.1) is 0 Å². The first kappa shape index (κ1) is 9.71. The molecule has 0 radical (unpaired) electrons. The fourth-order valence-corrected chi connectivity index (χ4v) is 1.11. The Bertz CT molecular complexity index is 347. The minimum atomic E-state index is 0.310. The second-order valence-electron chi connectivity index (χ2n) is 2.36. The van der Waals surface area contributed by atoms with Gasteiger partial charge in [0.15, 0.2) is 0 Å². The number of halogens is 1. The molecule has 0 aliphatic heterocycles. The van der Waals surface area contributed by atoms with Crippen LogP contribution in [0.4, 0.5) is 0 Å². The van der Waals surface area contributed by atoms with Gasteiger partial charge in [-0.25, -0.2) is 0 Å². The second kappa shape index (κ2) is 4.60. The van der Waals surface area contributed by atoms with Crippen molar-refractivity contribution in [2.75, 3.05) is 7.11 Å². The molecule has 0 saturated heterocycles. The monoisotopic (exact) mass is 197 g/mol. The first-order chi connectivity index (χ1) is 6.27. The fourth-order valence-electron chi connectivity index (χ4n) is 0.916. The van der Waals surface area contributed by atoms with Crippen molar-refractivity contribution >= 4 is 11.6 Å². The summed E-state index contributed by atoms with van der Waals surface area (Å²) >= 11 is 5.80. The summed E-state index contributed by atoms with van der Waals surface area (Å²) in [4.78, 5) is 2.66. The van der Waals surface area contributed by atoms with Crippen LogP contribution >= 0.6 is 11.6 Å². The Kier molecular flexibility index (Phi) is 3.43. The van der Waals surface area contributed by atoms with Gasteiger partial charge in [-0.05, 0) is 23.2 Å². The molecule has 5 heteroatoms. The van der Waals surface area contributed by atoms with Crippen LogP contribution in [0.1, 0.15) is 5.56 Å². The third-order valence-corrected chi connectivity index (χ3v) is 1.84. The number of methoxy groups -OCH3 is 1. The number of hydrogen-bond acceptors (Lipinski definition) is 2. The van der Waals surface area contributed by atoms with Crippen molar-refractivity contribution < 1.29 is 4.74 Å². The molecule has 0 unspecified atom stereocenters. The molecule has 0 spiro atoms. The summed E-state index contributed by atoms with van der Waals surface area (Å²) in [5.41, 5.74) is 8.98. The standard InChI is InChI=1S/C8H8ClN3O/c1-13-8-4-6(5-11-12-10)2-3-7(8)9/h2-4H,5H2,1H3. The van der Waals surface area contributed by atoms with E-state index in [4.69, 9.17) is 21.9 Å². The normalized spacial score (nSPS) is 9.08. The van der Waals surface area contributed by atoms with E-state index < -0.39 is 0 Å². The van der Waals surface area contributed by atoms with E-state index in [9.17, 15) is 0 Å². The number of benzene rings is 1. The molecule has 1 aromatic rings. The molecule has 68 valence electrons. The second-order valence-corrected chi connectivity index (χ2v) is 2.77. The fraction of sp³-hybridized carbons (Fsp3) is 0.250. The highest BCUT2D eigenvalue weighted by Gasteiger charge is 2.00. The van der Waals surface area contributed by atoms with Crippen LogP contribution in [0, 0.1) is 0 Å². The molecule has 1 rings (SSSR count). The Morgan fingerprint density at radius 2 is 2.38 bits per heavy atom. The Hall–Kier alpha value is -1.38. The van der Waals surface area contributed by atoms with Gasteiger partial charge in [0.25, 0.3) is 0 Å². The Morgan fingerprint density at radius 3 is 3.00 bits per heavy atom. The van der Waals surface area contributed by atoms with Gasteiger partial charge in [-0.1, -0.05) is 22.8 Å². The molecule has 0 aliphatic rings. The molecule has 0 amide bonds. The zero-order valence-electron chi connectivity index (χ0n) is 7.07. The van der Waals surface area contributed by atoms with Crippen LogP contribution in [-0.2, 0) is 6.54 Å². The molecule has 0 N–H and O–H groups in total. The van der Waals surface area contributed by atoms with Gasteiger partial charge in [-0.2, -0.15) is 0 Å². The Morgan fingerprint density at radius 1 is 1.62 bits per heavy atom.